The first-order valence-corrected chi connectivity index (χ1v) is 15.0. The largest absolute Gasteiger partial charge is 0.488 e. The van der Waals surface area contributed by atoms with E-state index in [0.29, 0.717) is 18.7 Å². The molecule has 1 amide bonds. The maximum atomic E-state index is 13.7. The topological polar surface area (TPSA) is 99.2 Å². The van der Waals surface area contributed by atoms with Crippen LogP contribution in [0.5, 0.6) is 5.75 Å². The Labute approximate surface area is 247 Å². The number of anilines is 1. The molecule has 0 spiro atoms. The number of hydrogen-bond donors (Lipinski definition) is 2. The van der Waals surface area contributed by atoms with Gasteiger partial charge in [-0.3, -0.25) is 14.4 Å². The summed E-state index contributed by atoms with van der Waals surface area (Å²) in [6.07, 6.45) is -4.89. The highest BCUT2D eigenvalue weighted by Crippen LogP contribution is 2.32. The third-order valence-electron chi connectivity index (χ3n) is 7.27. The van der Waals surface area contributed by atoms with Gasteiger partial charge in [0, 0.05) is 31.2 Å². The van der Waals surface area contributed by atoms with Gasteiger partial charge in [0.05, 0.1) is 28.7 Å². The number of alkyl halides is 3. The molecule has 232 valence electrons. The maximum Gasteiger partial charge on any atom is 0.416 e. The van der Waals surface area contributed by atoms with E-state index < -0.39 is 45.6 Å². The predicted octanol–water partition coefficient (Wildman–Crippen LogP) is 5.00. The van der Waals surface area contributed by atoms with Gasteiger partial charge in [-0.25, -0.2) is 12.8 Å². The molecule has 13 heteroatoms. The van der Waals surface area contributed by atoms with E-state index in [9.17, 15) is 35.9 Å². The van der Waals surface area contributed by atoms with Crippen molar-refractivity contribution in [1.82, 2.24) is 9.80 Å². The summed E-state index contributed by atoms with van der Waals surface area (Å²) in [7, 11) is -2.29. The smallest absolute Gasteiger partial charge is 0.416 e. The Balaban J connectivity index is 1.59. The maximum absolute atomic E-state index is 13.7. The van der Waals surface area contributed by atoms with Crippen LogP contribution in [0.15, 0.2) is 71.6 Å². The van der Waals surface area contributed by atoms with Crippen LogP contribution in [0.4, 0.5) is 23.2 Å². The zero-order valence-corrected chi connectivity index (χ0v) is 24.6. The second-order valence-corrected chi connectivity index (χ2v) is 12.5. The minimum absolute atomic E-state index is 0.0845. The molecule has 0 aliphatic carbocycles. The third-order valence-corrected chi connectivity index (χ3v) is 8.66. The average Bonchev–Trinajstić information content (AvgIpc) is 2.94. The number of benzene rings is 3. The number of aliphatic hydroxyl groups is 1. The number of nitrogens with zero attached hydrogens (tertiary/aromatic N) is 2. The van der Waals surface area contributed by atoms with Gasteiger partial charge >= 0.3 is 6.18 Å². The first-order valence-electron chi connectivity index (χ1n) is 13.5. The number of sulfonamides is 1. The summed E-state index contributed by atoms with van der Waals surface area (Å²) in [4.78, 5) is 16.9. The Morgan fingerprint density at radius 1 is 1.09 bits per heavy atom. The molecule has 4 rings (SSSR count). The number of ether oxygens (including phenoxy) is 1. The van der Waals surface area contributed by atoms with Gasteiger partial charge in [0.25, 0.3) is 15.9 Å². The molecular weight excluding hydrogens is 590 g/mol. The van der Waals surface area contributed by atoms with E-state index in [1.54, 1.807) is 14.0 Å². The SMILES string of the molecule is C[C@H]1CN([C@@H](C)CO)C(=O)c2cc(NS(=O)(=O)c3ccc(F)cc3)ccc2O[C@@H]1CN(C)Cc1ccc(C(F)(F)F)cc1. The highest BCUT2D eigenvalue weighted by Gasteiger charge is 2.34. The number of fused-ring (bicyclic) bond motifs is 1. The Morgan fingerprint density at radius 3 is 2.35 bits per heavy atom. The number of halogens is 4. The lowest BCUT2D eigenvalue weighted by atomic mass is 9.99. The Kier molecular flexibility index (Phi) is 9.67. The Hall–Kier alpha value is -3.68. The zero-order chi connectivity index (χ0) is 31.5. The van der Waals surface area contributed by atoms with Crippen molar-refractivity contribution in [2.45, 2.75) is 43.6 Å². The molecule has 43 heavy (non-hydrogen) atoms. The van der Waals surface area contributed by atoms with Crippen LogP contribution in [-0.4, -0.2) is 68.1 Å². The number of likely N-dealkylation sites (N-methyl/N-ethyl adjacent to an activating group) is 1. The van der Waals surface area contributed by atoms with Crippen molar-refractivity contribution in [1.29, 1.82) is 0 Å². The standard InChI is InChI=1S/C30H33F4N3O5S/c1-19-15-37(20(2)18-38)29(39)26-14-24(35-43(40,41)25-11-8-23(31)9-12-25)10-13-27(26)42-28(19)17-36(3)16-21-4-6-22(7-5-21)30(32,33)34/h4-14,19-20,28,35,38H,15-18H2,1-3H3/t19-,20-,28+/m0/s1. The Morgan fingerprint density at radius 2 is 1.74 bits per heavy atom. The summed E-state index contributed by atoms with van der Waals surface area (Å²) in [6.45, 7) is 4.22. The molecule has 3 aromatic rings. The minimum Gasteiger partial charge on any atom is -0.488 e. The summed E-state index contributed by atoms with van der Waals surface area (Å²) in [6, 6.07) is 13.0. The van der Waals surface area contributed by atoms with Crippen LogP contribution in [0.3, 0.4) is 0 Å². The lowest BCUT2D eigenvalue weighted by Crippen LogP contribution is -2.49. The van der Waals surface area contributed by atoms with E-state index in [1.807, 2.05) is 11.8 Å². The van der Waals surface area contributed by atoms with Gasteiger partial charge in [0.1, 0.15) is 17.7 Å². The molecule has 0 fully saturated rings. The van der Waals surface area contributed by atoms with E-state index in [1.165, 1.54) is 35.2 Å². The molecule has 1 heterocycles. The quantitative estimate of drug-likeness (QED) is 0.326. The van der Waals surface area contributed by atoms with Gasteiger partial charge in [-0.15, -0.1) is 0 Å². The van der Waals surface area contributed by atoms with Crippen LogP contribution in [0, 0.1) is 11.7 Å². The van der Waals surface area contributed by atoms with Crippen LogP contribution in [0.2, 0.25) is 0 Å². The first-order chi connectivity index (χ1) is 20.2. The summed E-state index contributed by atoms with van der Waals surface area (Å²) in [5.41, 5.74) is 0.121. The molecule has 0 unspecified atom stereocenters. The van der Waals surface area contributed by atoms with Crippen LogP contribution < -0.4 is 9.46 Å². The van der Waals surface area contributed by atoms with Crippen molar-refractivity contribution < 1.29 is 40.6 Å². The summed E-state index contributed by atoms with van der Waals surface area (Å²) in [5, 5.41) is 9.88. The van der Waals surface area contributed by atoms with E-state index in [0.717, 1.165) is 36.4 Å². The van der Waals surface area contributed by atoms with Crippen LogP contribution in [0.25, 0.3) is 0 Å². The van der Waals surface area contributed by atoms with Gasteiger partial charge in [0.2, 0.25) is 0 Å². The van der Waals surface area contributed by atoms with Crippen molar-refractivity contribution in [2.75, 3.05) is 31.5 Å². The van der Waals surface area contributed by atoms with Crippen molar-refractivity contribution in [3.63, 3.8) is 0 Å². The molecule has 1 aliphatic rings. The number of hydrogen-bond acceptors (Lipinski definition) is 6. The molecule has 0 saturated heterocycles. The molecule has 0 bridgehead atoms. The van der Waals surface area contributed by atoms with Crippen molar-refractivity contribution >= 4 is 21.6 Å². The van der Waals surface area contributed by atoms with Crippen LogP contribution >= 0.6 is 0 Å². The monoisotopic (exact) mass is 623 g/mol. The van der Waals surface area contributed by atoms with E-state index in [2.05, 4.69) is 4.72 Å². The second kappa shape index (κ2) is 12.9. The lowest BCUT2D eigenvalue weighted by Gasteiger charge is -2.38. The fourth-order valence-electron chi connectivity index (χ4n) is 4.81. The molecular formula is C30H33F4N3O5S. The van der Waals surface area contributed by atoms with Gasteiger partial charge in [-0.05, 0) is 74.1 Å². The highest BCUT2D eigenvalue weighted by atomic mass is 32.2. The summed E-state index contributed by atoms with van der Waals surface area (Å²) < 4.78 is 86.6. The van der Waals surface area contributed by atoms with Gasteiger partial charge in [0.15, 0.2) is 0 Å². The molecule has 8 nitrogen and oxygen atoms in total. The number of aliphatic hydroxyl groups excluding tert-OH is 1. The fraction of sp³-hybridized carbons (Fsp3) is 0.367. The highest BCUT2D eigenvalue weighted by molar-refractivity contribution is 7.92. The summed E-state index contributed by atoms with van der Waals surface area (Å²) >= 11 is 0. The Bertz CT molecular complexity index is 1530. The third kappa shape index (κ3) is 7.84. The van der Waals surface area contributed by atoms with Crippen LogP contribution in [0.1, 0.15) is 35.3 Å². The number of nitrogens with one attached hydrogen (secondary N) is 1. The molecule has 2 N–H and O–H groups in total. The number of rotatable bonds is 9. The molecule has 3 aromatic carbocycles. The normalized spacial score (nSPS) is 18.4. The van der Waals surface area contributed by atoms with Crippen molar-refractivity contribution in [2.24, 2.45) is 5.92 Å². The van der Waals surface area contributed by atoms with E-state index in [-0.39, 0.29) is 41.0 Å². The minimum atomic E-state index is -4.42. The van der Waals surface area contributed by atoms with Gasteiger partial charge in [-0.1, -0.05) is 19.1 Å². The summed E-state index contributed by atoms with van der Waals surface area (Å²) in [5.74, 6) is -1.04. The van der Waals surface area contributed by atoms with Crippen molar-refractivity contribution in [3.8, 4) is 5.75 Å². The fourth-order valence-corrected chi connectivity index (χ4v) is 5.86. The average molecular weight is 624 g/mol. The van der Waals surface area contributed by atoms with E-state index >= 15 is 0 Å². The molecule has 0 saturated carbocycles. The van der Waals surface area contributed by atoms with Crippen molar-refractivity contribution in [3.05, 3.63) is 89.2 Å². The number of amides is 1. The van der Waals surface area contributed by atoms with Gasteiger partial charge in [-0.2, -0.15) is 13.2 Å². The number of carbonyl (C=O) groups excluding carboxylic acids is 1. The molecule has 3 atom stereocenters. The zero-order valence-electron chi connectivity index (χ0n) is 23.8. The molecule has 0 radical (unpaired) electrons. The molecule has 1 aliphatic heterocycles. The van der Waals surface area contributed by atoms with Gasteiger partial charge < -0.3 is 14.7 Å². The first kappa shape index (κ1) is 32.2. The lowest BCUT2D eigenvalue weighted by molar-refractivity contribution is -0.137. The van der Waals surface area contributed by atoms with Crippen LogP contribution in [-0.2, 0) is 22.7 Å². The number of carbonyl (C=O) groups is 1. The molecule has 0 aromatic heterocycles. The predicted molar refractivity (Wildman–Crippen MR) is 153 cm³/mol. The second-order valence-electron chi connectivity index (χ2n) is 10.8. The van der Waals surface area contributed by atoms with E-state index in [4.69, 9.17) is 4.74 Å².